The highest BCUT2D eigenvalue weighted by Crippen LogP contribution is 2.29. The molecule has 0 aliphatic carbocycles. The smallest absolute Gasteiger partial charge is 0.326 e. The molecule has 0 N–H and O–H groups in total. The Hall–Kier alpha value is -3.65. The van der Waals surface area contributed by atoms with E-state index in [1.165, 1.54) is 11.3 Å². The first-order valence-corrected chi connectivity index (χ1v) is 11.4. The molecule has 0 unspecified atom stereocenters. The summed E-state index contributed by atoms with van der Waals surface area (Å²) >= 11 is 1.31. The zero-order chi connectivity index (χ0) is 23.4. The van der Waals surface area contributed by atoms with Gasteiger partial charge in [-0.15, -0.1) is 0 Å². The van der Waals surface area contributed by atoms with Gasteiger partial charge in [-0.05, 0) is 48.9 Å². The summed E-state index contributed by atoms with van der Waals surface area (Å²) in [6, 6.07) is 16.8. The van der Waals surface area contributed by atoms with E-state index < -0.39 is 11.9 Å². The Balaban J connectivity index is 1.90. The number of fused-ring (bicyclic) bond motifs is 2. The Morgan fingerprint density at radius 2 is 1.85 bits per heavy atom. The van der Waals surface area contributed by atoms with Gasteiger partial charge in [-0.3, -0.25) is 9.59 Å². The number of esters is 1. The van der Waals surface area contributed by atoms with Gasteiger partial charge in [-0.2, -0.15) is 4.99 Å². The maximum Gasteiger partial charge on any atom is 0.326 e. The van der Waals surface area contributed by atoms with Gasteiger partial charge in [0.05, 0.1) is 36.1 Å². The number of hydrogen-bond acceptors (Lipinski definition) is 6. The molecule has 8 heteroatoms. The lowest BCUT2D eigenvalue weighted by molar-refractivity contribution is -0.143. The van der Waals surface area contributed by atoms with Gasteiger partial charge in [-0.1, -0.05) is 41.7 Å². The molecule has 0 spiro atoms. The van der Waals surface area contributed by atoms with Crippen molar-refractivity contribution in [3.05, 3.63) is 65.0 Å². The third-order valence-electron chi connectivity index (χ3n) is 5.08. The number of rotatable bonds is 7. The van der Waals surface area contributed by atoms with Crippen molar-refractivity contribution in [1.82, 2.24) is 4.57 Å². The summed E-state index contributed by atoms with van der Waals surface area (Å²) in [5.41, 5.74) is 1.16. The van der Waals surface area contributed by atoms with Crippen LogP contribution in [0.2, 0.25) is 0 Å². The third kappa shape index (κ3) is 4.61. The first-order valence-electron chi connectivity index (χ1n) is 10.6. The Morgan fingerprint density at radius 3 is 2.61 bits per heavy atom. The molecule has 1 heterocycles. The van der Waals surface area contributed by atoms with Gasteiger partial charge in [0.25, 0.3) is 5.91 Å². The van der Waals surface area contributed by atoms with Crippen LogP contribution in [0, 0.1) is 0 Å². The number of methoxy groups -OCH3 is 1. The molecule has 33 heavy (non-hydrogen) atoms. The van der Waals surface area contributed by atoms with Crippen LogP contribution in [0.1, 0.15) is 24.2 Å². The fourth-order valence-corrected chi connectivity index (χ4v) is 4.70. The van der Waals surface area contributed by atoms with Gasteiger partial charge in [0.1, 0.15) is 18.0 Å². The highest BCUT2D eigenvalue weighted by Gasteiger charge is 2.18. The van der Waals surface area contributed by atoms with Gasteiger partial charge < -0.3 is 18.8 Å². The van der Waals surface area contributed by atoms with Crippen molar-refractivity contribution >= 4 is 44.2 Å². The number of hydrogen-bond donors (Lipinski definition) is 0. The van der Waals surface area contributed by atoms with Crippen LogP contribution >= 0.6 is 11.3 Å². The lowest BCUT2D eigenvalue weighted by atomic mass is 10.0. The van der Waals surface area contributed by atoms with Crippen LogP contribution in [0.4, 0.5) is 0 Å². The lowest BCUT2D eigenvalue weighted by Crippen LogP contribution is -2.23. The van der Waals surface area contributed by atoms with Gasteiger partial charge in [-0.25, -0.2) is 0 Å². The average Bonchev–Trinajstić information content (AvgIpc) is 3.14. The topological polar surface area (TPSA) is 79.1 Å². The zero-order valence-electron chi connectivity index (χ0n) is 18.7. The maximum atomic E-state index is 13.5. The lowest BCUT2D eigenvalue weighted by Gasteiger charge is -2.11. The van der Waals surface area contributed by atoms with Crippen LogP contribution in [0.5, 0.6) is 11.5 Å². The zero-order valence-corrected chi connectivity index (χ0v) is 19.5. The Bertz CT molecular complexity index is 1400. The van der Waals surface area contributed by atoms with Crippen molar-refractivity contribution in [3.63, 3.8) is 0 Å². The Kier molecular flexibility index (Phi) is 6.74. The summed E-state index contributed by atoms with van der Waals surface area (Å²) in [6.45, 7) is 4.26. The molecule has 1 amide bonds. The fraction of sp³-hybridized carbons (Fsp3) is 0.240. The standard InChI is InChI=1S/C25H24N2O5S/c1-4-31-20-13-10-16-8-6-7-9-18(16)23(20)24(29)26-25-27(15-22(28)32-5-2)19-12-11-17(30-3)14-21(19)33-25/h6-14H,4-5,15H2,1-3H3. The first-order chi connectivity index (χ1) is 16.0. The summed E-state index contributed by atoms with van der Waals surface area (Å²) < 4.78 is 18.7. The van der Waals surface area contributed by atoms with E-state index in [1.807, 2.05) is 49.4 Å². The third-order valence-corrected chi connectivity index (χ3v) is 6.13. The van der Waals surface area contributed by atoms with E-state index in [1.54, 1.807) is 30.7 Å². The van der Waals surface area contributed by atoms with Crippen LogP contribution in [0.25, 0.3) is 21.0 Å². The maximum absolute atomic E-state index is 13.5. The number of thiazole rings is 1. The van der Waals surface area contributed by atoms with Crippen LogP contribution in [0.15, 0.2) is 59.6 Å². The number of amides is 1. The number of carbonyl (C=O) groups is 2. The van der Waals surface area contributed by atoms with Gasteiger partial charge in [0, 0.05) is 0 Å². The minimum absolute atomic E-state index is 0.0554. The summed E-state index contributed by atoms with van der Waals surface area (Å²) in [5.74, 6) is 0.315. The first kappa shape index (κ1) is 22.5. The number of nitrogens with zero attached hydrogens (tertiary/aromatic N) is 2. The second-order valence-corrected chi connectivity index (χ2v) is 8.13. The van der Waals surface area contributed by atoms with E-state index in [0.29, 0.717) is 28.5 Å². The van der Waals surface area contributed by atoms with E-state index in [9.17, 15) is 9.59 Å². The SMILES string of the molecule is CCOC(=O)Cn1c(=NC(=O)c2c(OCC)ccc3ccccc23)sc2cc(OC)ccc21. The molecule has 0 fully saturated rings. The van der Waals surface area contributed by atoms with Crippen molar-refractivity contribution in [1.29, 1.82) is 0 Å². The molecule has 0 bridgehead atoms. The molecule has 0 atom stereocenters. The van der Waals surface area contributed by atoms with Crippen LogP contribution in [-0.4, -0.2) is 36.8 Å². The van der Waals surface area contributed by atoms with Crippen molar-refractivity contribution in [2.45, 2.75) is 20.4 Å². The second-order valence-electron chi connectivity index (χ2n) is 7.12. The van der Waals surface area contributed by atoms with Gasteiger partial charge in [0.2, 0.25) is 0 Å². The molecule has 0 aliphatic rings. The minimum atomic E-state index is -0.439. The molecular weight excluding hydrogens is 440 g/mol. The largest absolute Gasteiger partial charge is 0.497 e. The van der Waals surface area contributed by atoms with Crippen molar-refractivity contribution in [2.24, 2.45) is 4.99 Å². The molecule has 0 radical (unpaired) electrons. The highest BCUT2D eigenvalue weighted by atomic mass is 32.1. The molecule has 0 saturated carbocycles. The Labute approximate surface area is 194 Å². The second kappa shape index (κ2) is 9.87. The molecule has 4 aromatic rings. The van der Waals surface area contributed by atoms with Crippen molar-refractivity contribution in [3.8, 4) is 11.5 Å². The molecule has 170 valence electrons. The van der Waals surface area contributed by atoms with Crippen molar-refractivity contribution < 1.29 is 23.8 Å². The van der Waals surface area contributed by atoms with Gasteiger partial charge >= 0.3 is 5.97 Å². The summed E-state index contributed by atoms with van der Waals surface area (Å²) in [4.78, 5) is 30.6. The molecule has 3 aromatic carbocycles. The van der Waals surface area contributed by atoms with E-state index in [2.05, 4.69) is 4.99 Å². The van der Waals surface area contributed by atoms with E-state index in [4.69, 9.17) is 14.2 Å². The molecule has 1 aromatic heterocycles. The summed E-state index contributed by atoms with van der Waals surface area (Å²) in [6.07, 6.45) is 0. The summed E-state index contributed by atoms with van der Waals surface area (Å²) in [5, 5.41) is 1.68. The van der Waals surface area contributed by atoms with Gasteiger partial charge in [0.15, 0.2) is 4.80 Å². The quantitative estimate of drug-likeness (QED) is 0.375. The minimum Gasteiger partial charge on any atom is -0.497 e. The number of benzene rings is 3. The number of aromatic nitrogens is 1. The Morgan fingerprint density at radius 1 is 1.03 bits per heavy atom. The highest BCUT2D eigenvalue weighted by molar-refractivity contribution is 7.16. The molecule has 0 saturated heterocycles. The number of carbonyl (C=O) groups excluding carboxylic acids is 2. The van der Waals surface area contributed by atoms with Crippen LogP contribution < -0.4 is 14.3 Å². The van der Waals surface area contributed by atoms with Crippen LogP contribution in [-0.2, 0) is 16.1 Å². The number of ether oxygens (including phenoxy) is 3. The normalized spacial score (nSPS) is 11.7. The molecule has 4 rings (SSSR count). The average molecular weight is 465 g/mol. The van der Waals surface area contributed by atoms with E-state index >= 15 is 0 Å². The summed E-state index contributed by atoms with van der Waals surface area (Å²) in [7, 11) is 1.59. The molecular formula is C25H24N2O5S. The monoisotopic (exact) mass is 464 g/mol. The molecule has 0 aliphatic heterocycles. The predicted octanol–water partition coefficient (Wildman–Crippen LogP) is 4.57. The van der Waals surface area contributed by atoms with Crippen LogP contribution in [0.3, 0.4) is 0 Å². The predicted molar refractivity (Wildman–Crippen MR) is 128 cm³/mol. The van der Waals surface area contributed by atoms with Crippen molar-refractivity contribution in [2.75, 3.05) is 20.3 Å². The van der Waals surface area contributed by atoms with E-state index in [0.717, 1.165) is 21.0 Å². The molecule has 7 nitrogen and oxygen atoms in total. The fourth-order valence-electron chi connectivity index (χ4n) is 3.65. The van der Waals surface area contributed by atoms with E-state index in [-0.39, 0.29) is 13.2 Å².